The number of piperidine rings is 1. The molecule has 0 radical (unpaired) electrons. The summed E-state index contributed by atoms with van der Waals surface area (Å²) < 4.78 is 6.17. The number of carbonyl (C=O) groups excluding carboxylic acids is 1. The molecular weight excluding hydrogens is 396 g/mol. The third-order valence-electron chi connectivity index (χ3n) is 5.60. The lowest BCUT2D eigenvalue weighted by Gasteiger charge is -2.35. The van der Waals surface area contributed by atoms with Crippen LogP contribution in [0, 0.1) is 6.92 Å². The minimum absolute atomic E-state index is 0.0792. The lowest BCUT2D eigenvalue weighted by atomic mass is 10.0. The third kappa shape index (κ3) is 4.54. The number of rotatable bonds is 6. The van der Waals surface area contributed by atoms with Crippen molar-refractivity contribution in [2.75, 3.05) is 25.1 Å². The first kappa shape index (κ1) is 20.9. The van der Waals surface area contributed by atoms with Crippen molar-refractivity contribution in [3.8, 4) is 11.5 Å². The van der Waals surface area contributed by atoms with E-state index in [1.165, 1.54) is 6.33 Å². The second kappa shape index (κ2) is 9.18. The molecule has 162 valence electrons. The Morgan fingerprint density at radius 1 is 1.26 bits per heavy atom. The van der Waals surface area contributed by atoms with Crippen LogP contribution in [-0.4, -0.2) is 56.8 Å². The number of nitrogens with zero attached hydrogens (tertiary/aromatic N) is 3. The molecule has 0 saturated carbocycles. The Balaban J connectivity index is 1.60. The van der Waals surface area contributed by atoms with Crippen molar-refractivity contribution in [1.82, 2.24) is 14.9 Å². The number of aliphatic hydroxyl groups is 1. The van der Waals surface area contributed by atoms with Crippen molar-refractivity contribution >= 4 is 28.3 Å². The predicted molar refractivity (Wildman–Crippen MR) is 118 cm³/mol. The molecule has 3 N–H and O–H groups in total. The van der Waals surface area contributed by atoms with E-state index in [2.05, 4.69) is 15.3 Å². The maximum absolute atomic E-state index is 12.1. The summed E-state index contributed by atoms with van der Waals surface area (Å²) in [4.78, 5) is 22.6. The maximum Gasteiger partial charge on any atom is 0.248 e. The molecule has 1 atom stereocenters. The van der Waals surface area contributed by atoms with Crippen molar-refractivity contribution in [3.63, 3.8) is 0 Å². The van der Waals surface area contributed by atoms with E-state index in [4.69, 9.17) is 4.74 Å². The van der Waals surface area contributed by atoms with Gasteiger partial charge < -0.3 is 25.2 Å². The fraction of sp³-hybridized carbons (Fsp3) is 0.348. The maximum atomic E-state index is 12.1. The second-order valence-electron chi connectivity index (χ2n) is 7.70. The molecule has 2 heterocycles. The highest BCUT2D eigenvalue weighted by atomic mass is 16.5. The number of ether oxygens (including phenoxy) is 1. The number of carbonyl (C=O) groups is 1. The molecular formula is C23H26N4O4. The van der Waals surface area contributed by atoms with Gasteiger partial charge in [-0.15, -0.1) is 0 Å². The molecule has 1 saturated heterocycles. The highest BCUT2D eigenvalue weighted by Gasteiger charge is 2.27. The fourth-order valence-corrected chi connectivity index (χ4v) is 3.94. The van der Waals surface area contributed by atoms with E-state index >= 15 is 0 Å². The van der Waals surface area contributed by atoms with Crippen LogP contribution in [0.5, 0.6) is 11.5 Å². The second-order valence-corrected chi connectivity index (χ2v) is 7.70. The van der Waals surface area contributed by atoms with E-state index in [9.17, 15) is 15.0 Å². The summed E-state index contributed by atoms with van der Waals surface area (Å²) in [5, 5.41) is 23.1. The normalized spacial score (nSPS) is 16.3. The first-order valence-electron chi connectivity index (χ1n) is 10.4. The lowest BCUT2D eigenvalue weighted by Crippen LogP contribution is -2.47. The number of aryl methyl sites for hydroxylation is 1. The minimum Gasteiger partial charge on any atom is -0.508 e. The Labute approximate surface area is 180 Å². The van der Waals surface area contributed by atoms with Crippen LogP contribution in [0.1, 0.15) is 24.8 Å². The van der Waals surface area contributed by atoms with Crippen LogP contribution in [0.4, 0.5) is 11.5 Å². The van der Waals surface area contributed by atoms with Crippen LogP contribution >= 0.6 is 0 Å². The summed E-state index contributed by atoms with van der Waals surface area (Å²) >= 11 is 0. The molecule has 1 unspecified atom stereocenters. The molecule has 1 aliphatic rings. The standard InChI is InChI=1S/C23H26N4O4/c1-15-11-16(8-9-19(15)29)26-23-22-18(24-14-25-23)6-4-7-20(22)31-13-17-5-2-3-10-27(17)21(30)12-28/h4,6-9,11,14,17,28-29H,2-3,5,10,12-13H2,1H3,(H,24,25,26). The van der Waals surface area contributed by atoms with E-state index in [-0.39, 0.29) is 17.7 Å². The van der Waals surface area contributed by atoms with Gasteiger partial charge in [0.2, 0.25) is 5.91 Å². The summed E-state index contributed by atoms with van der Waals surface area (Å²) in [6, 6.07) is 10.8. The van der Waals surface area contributed by atoms with Crippen LogP contribution in [-0.2, 0) is 4.79 Å². The number of benzene rings is 2. The number of likely N-dealkylation sites (tertiary alicyclic amines) is 1. The van der Waals surface area contributed by atoms with Gasteiger partial charge >= 0.3 is 0 Å². The van der Waals surface area contributed by atoms with Gasteiger partial charge in [0.05, 0.1) is 16.9 Å². The van der Waals surface area contributed by atoms with Crippen molar-refractivity contribution in [2.45, 2.75) is 32.2 Å². The van der Waals surface area contributed by atoms with Gasteiger partial charge in [0.1, 0.15) is 36.9 Å². The first-order chi connectivity index (χ1) is 15.1. The van der Waals surface area contributed by atoms with Crippen molar-refractivity contribution < 1.29 is 19.7 Å². The van der Waals surface area contributed by atoms with E-state index in [1.807, 2.05) is 31.2 Å². The van der Waals surface area contributed by atoms with Gasteiger partial charge in [0.15, 0.2) is 0 Å². The molecule has 8 nitrogen and oxygen atoms in total. The summed E-state index contributed by atoms with van der Waals surface area (Å²) in [6.45, 7) is 2.31. The SMILES string of the molecule is Cc1cc(Nc2ncnc3cccc(OCC4CCCCN4C(=O)CO)c23)ccc1O. The zero-order chi connectivity index (χ0) is 21.8. The Hall–Kier alpha value is -3.39. The van der Waals surface area contributed by atoms with Gasteiger partial charge in [-0.05, 0) is 62.1 Å². The van der Waals surface area contributed by atoms with Gasteiger partial charge in [-0.2, -0.15) is 0 Å². The molecule has 0 spiro atoms. The van der Waals surface area contributed by atoms with Crippen LogP contribution in [0.3, 0.4) is 0 Å². The largest absolute Gasteiger partial charge is 0.508 e. The van der Waals surface area contributed by atoms with Crippen LogP contribution in [0.15, 0.2) is 42.7 Å². The fourth-order valence-electron chi connectivity index (χ4n) is 3.94. The van der Waals surface area contributed by atoms with Gasteiger partial charge in [0, 0.05) is 12.2 Å². The number of amides is 1. The number of anilines is 2. The van der Waals surface area contributed by atoms with Crippen LogP contribution in [0.2, 0.25) is 0 Å². The van der Waals surface area contributed by atoms with Crippen molar-refractivity contribution in [3.05, 3.63) is 48.3 Å². The van der Waals surface area contributed by atoms with E-state index in [0.29, 0.717) is 24.7 Å². The Morgan fingerprint density at radius 2 is 2.13 bits per heavy atom. The smallest absolute Gasteiger partial charge is 0.248 e. The van der Waals surface area contributed by atoms with Gasteiger partial charge in [-0.1, -0.05) is 6.07 Å². The summed E-state index contributed by atoms with van der Waals surface area (Å²) in [5.41, 5.74) is 2.28. The summed E-state index contributed by atoms with van der Waals surface area (Å²) in [6.07, 6.45) is 4.29. The van der Waals surface area contributed by atoms with E-state index in [0.717, 1.165) is 41.4 Å². The van der Waals surface area contributed by atoms with E-state index in [1.54, 1.807) is 17.0 Å². The number of phenols is 1. The number of aromatic hydroxyl groups is 1. The highest BCUT2D eigenvalue weighted by molar-refractivity contribution is 5.95. The Bertz CT molecular complexity index is 1080. The van der Waals surface area contributed by atoms with Crippen molar-refractivity contribution in [1.29, 1.82) is 0 Å². The number of hydrogen-bond acceptors (Lipinski definition) is 7. The minimum atomic E-state index is -0.487. The van der Waals surface area contributed by atoms with Crippen LogP contribution in [0.25, 0.3) is 10.9 Å². The number of nitrogens with one attached hydrogen (secondary N) is 1. The topological polar surface area (TPSA) is 108 Å². The molecule has 3 aromatic rings. The quantitative estimate of drug-likeness (QED) is 0.524. The predicted octanol–water partition coefficient (Wildman–Crippen LogP) is 3.14. The Morgan fingerprint density at radius 3 is 2.94 bits per heavy atom. The monoisotopic (exact) mass is 422 g/mol. The number of fused-ring (bicyclic) bond motifs is 1. The van der Waals surface area contributed by atoms with Gasteiger partial charge in [-0.3, -0.25) is 4.79 Å². The van der Waals surface area contributed by atoms with Crippen LogP contribution < -0.4 is 10.1 Å². The van der Waals surface area contributed by atoms with Crippen molar-refractivity contribution in [2.24, 2.45) is 0 Å². The molecule has 1 aromatic heterocycles. The zero-order valence-electron chi connectivity index (χ0n) is 17.4. The Kier molecular flexibility index (Phi) is 6.18. The molecule has 8 heteroatoms. The average Bonchev–Trinajstić information content (AvgIpc) is 2.80. The van der Waals surface area contributed by atoms with Gasteiger partial charge in [0.25, 0.3) is 0 Å². The molecule has 1 aliphatic heterocycles. The molecule has 1 fully saturated rings. The summed E-state index contributed by atoms with van der Waals surface area (Å²) in [5.74, 6) is 1.19. The lowest BCUT2D eigenvalue weighted by molar-refractivity contribution is -0.138. The molecule has 31 heavy (non-hydrogen) atoms. The average molecular weight is 422 g/mol. The molecule has 1 amide bonds. The molecule has 0 aliphatic carbocycles. The van der Waals surface area contributed by atoms with E-state index < -0.39 is 6.61 Å². The number of hydrogen-bond donors (Lipinski definition) is 3. The zero-order valence-corrected chi connectivity index (χ0v) is 17.4. The molecule has 0 bridgehead atoms. The highest BCUT2D eigenvalue weighted by Crippen LogP contribution is 2.33. The number of aromatic nitrogens is 2. The summed E-state index contributed by atoms with van der Waals surface area (Å²) in [7, 11) is 0. The molecule has 2 aromatic carbocycles. The third-order valence-corrected chi connectivity index (χ3v) is 5.60. The molecule has 4 rings (SSSR count). The van der Waals surface area contributed by atoms with Gasteiger partial charge in [-0.25, -0.2) is 9.97 Å². The number of phenolic OH excluding ortho intramolecular Hbond substituents is 1. The first-order valence-corrected chi connectivity index (χ1v) is 10.4. The number of aliphatic hydroxyl groups excluding tert-OH is 1.